The lowest BCUT2D eigenvalue weighted by Crippen LogP contribution is -2.13. The third-order valence-corrected chi connectivity index (χ3v) is 3.42. The third-order valence-electron chi connectivity index (χ3n) is 2.68. The normalized spacial score (nSPS) is 12.0. The summed E-state index contributed by atoms with van der Waals surface area (Å²) in [5.74, 6) is -0.243. The molecule has 0 aliphatic heterocycles. The summed E-state index contributed by atoms with van der Waals surface area (Å²) < 4.78 is 10.6. The molecular formula is C12H16BrNO5. The summed E-state index contributed by atoms with van der Waals surface area (Å²) >= 11 is 3.20. The zero-order valence-electron chi connectivity index (χ0n) is 10.6. The Morgan fingerprint density at radius 1 is 1.47 bits per heavy atom. The molecule has 0 radical (unpaired) electrons. The predicted molar refractivity (Wildman–Crippen MR) is 72.7 cm³/mol. The van der Waals surface area contributed by atoms with Crippen molar-refractivity contribution in [2.24, 2.45) is 5.73 Å². The Morgan fingerprint density at radius 3 is 2.58 bits per heavy atom. The summed E-state index contributed by atoms with van der Waals surface area (Å²) in [4.78, 5) is 10.5. The van der Waals surface area contributed by atoms with Gasteiger partial charge in [0.2, 0.25) is 0 Å². The standard InChI is InChI=1S/C12H16BrNO5/c1-18-8-5-6(7(14)3-4-9(15)16)11(17)10(13)12(8)19-2/h5,7,17H,3-4,14H2,1-2H3,(H,15,16). The second kappa shape index (κ2) is 6.63. The maximum atomic E-state index is 10.5. The van der Waals surface area contributed by atoms with Crippen LogP contribution in [0.4, 0.5) is 0 Å². The molecule has 4 N–H and O–H groups in total. The highest BCUT2D eigenvalue weighted by molar-refractivity contribution is 9.10. The van der Waals surface area contributed by atoms with Crippen molar-refractivity contribution in [3.05, 3.63) is 16.1 Å². The molecule has 19 heavy (non-hydrogen) atoms. The van der Waals surface area contributed by atoms with Crippen LogP contribution in [-0.2, 0) is 4.79 Å². The molecule has 6 nitrogen and oxygen atoms in total. The van der Waals surface area contributed by atoms with Gasteiger partial charge < -0.3 is 25.4 Å². The molecule has 1 aromatic rings. The highest BCUT2D eigenvalue weighted by Crippen LogP contribution is 2.45. The van der Waals surface area contributed by atoms with Crippen LogP contribution in [0.25, 0.3) is 0 Å². The monoisotopic (exact) mass is 333 g/mol. The van der Waals surface area contributed by atoms with Crippen molar-refractivity contribution in [2.45, 2.75) is 18.9 Å². The van der Waals surface area contributed by atoms with Crippen LogP contribution < -0.4 is 15.2 Å². The van der Waals surface area contributed by atoms with Gasteiger partial charge in [0.1, 0.15) is 10.2 Å². The number of hydrogen-bond acceptors (Lipinski definition) is 5. The van der Waals surface area contributed by atoms with Crippen molar-refractivity contribution in [1.82, 2.24) is 0 Å². The molecule has 1 rings (SSSR count). The van der Waals surface area contributed by atoms with E-state index in [4.69, 9.17) is 20.3 Å². The largest absolute Gasteiger partial charge is 0.506 e. The third kappa shape index (κ3) is 3.51. The summed E-state index contributed by atoms with van der Waals surface area (Å²) in [7, 11) is 2.92. The fraction of sp³-hybridized carbons (Fsp3) is 0.417. The van der Waals surface area contributed by atoms with E-state index in [9.17, 15) is 9.90 Å². The van der Waals surface area contributed by atoms with Crippen LogP contribution in [0.3, 0.4) is 0 Å². The molecule has 106 valence electrons. The molecule has 0 bridgehead atoms. The number of nitrogens with two attached hydrogens (primary N) is 1. The molecule has 0 aliphatic carbocycles. The van der Waals surface area contributed by atoms with Crippen LogP contribution >= 0.6 is 15.9 Å². The molecule has 1 atom stereocenters. The van der Waals surface area contributed by atoms with Crippen LogP contribution in [0.1, 0.15) is 24.4 Å². The van der Waals surface area contributed by atoms with Gasteiger partial charge in [0.25, 0.3) is 0 Å². The number of benzene rings is 1. The number of phenols is 1. The highest BCUT2D eigenvalue weighted by atomic mass is 79.9. The maximum absolute atomic E-state index is 10.5. The second-order valence-electron chi connectivity index (χ2n) is 3.90. The van der Waals surface area contributed by atoms with Gasteiger partial charge in [-0.05, 0) is 28.4 Å². The van der Waals surface area contributed by atoms with Crippen LogP contribution in [0.5, 0.6) is 17.2 Å². The van der Waals surface area contributed by atoms with Crippen molar-refractivity contribution in [3.8, 4) is 17.2 Å². The van der Waals surface area contributed by atoms with Crippen LogP contribution in [0, 0.1) is 0 Å². The number of phenolic OH excluding ortho intramolecular Hbond substituents is 1. The smallest absolute Gasteiger partial charge is 0.303 e. The van der Waals surface area contributed by atoms with Gasteiger partial charge in [-0.25, -0.2) is 0 Å². The van der Waals surface area contributed by atoms with E-state index in [0.29, 0.717) is 21.5 Å². The van der Waals surface area contributed by atoms with E-state index in [1.54, 1.807) is 6.07 Å². The minimum absolute atomic E-state index is 0.0736. The van der Waals surface area contributed by atoms with Crippen molar-refractivity contribution in [3.63, 3.8) is 0 Å². The lowest BCUT2D eigenvalue weighted by molar-refractivity contribution is -0.137. The van der Waals surface area contributed by atoms with Gasteiger partial charge in [0.15, 0.2) is 11.5 Å². The first-order chi connectivity index (χ1) is 8.92. The van der Waals surface area contributed by atoms with Crippen LogP contribution in [0.2, 0.25) is 0 Å². The van der Waals surface area contributed by atoms with Gasteiger partial charge in [-0.3, -0.25) is 4.79 Å². The Morgan fingerprint density at radius 2 is 2.11 bits per heavy atom. The summed E-state index contributed by atoms with van der Waals surface area (Å²) in [5, 5.41) is 18.7. The molecule has 0 saturated carbocycles. The number of ether oxygens (including phenoxy) is 2. The lowest BCUT2D eigenvalue weighted by atomic mass is 10.0. The van der Waals surface area contributed by atoms with E-state index in [0.717, 1.165) is 0 Å². The number of aromatic hydroxyl groups is 1. The van der Waals surface area contributed by atoms with Gasteiger partial charge in [0.05, 0.1) is 14.2 Å². The Hall–Kier alpha value is -1.47. The highest BCUT2D eigenvalue weighted by Gasteiger charge is 2.21. The number of carboxylic acids is 1. The second-order valence-corrected chi connectivity index (χ2v) is 4.70. The van der Waals surface area contributed by atoms with Gasteiger partial charge in [0, 0.05) is 18.0 Å². The molecule has 0 heterocycles. The molecule has 0 spiro atoms. The quantitative estimate of drug-likeness (QED) is 0.736. The molecule has 1 aromatic carbocycles. The molecular weight excluding hydrogens is 318 g/mol. The zero-order chi connectivity index (χ0) is 14.6. The molecule has 0 fully saturated rings. The van der Waals surface area contributed by atoms with Crippen molar-refractivity contribution in [2.75, 3.05) is 14.2 Å². The first-order valence-corrected chi connectivity index (χ1v) is 6.32. The van der Waals surface area contributed by atoms with Gasteiger partial charge in [-0.1, -0.05) is 0 Å². The Kier molecular flexibility index (Phi) is 5.44. The van der Waals surface area contributed by atoms with E-state index in [2.05, 4.69) is 15.9 Å². The molecule has 1 unspecified atom stereocenters. The number of aliphatic carboxylic acids is 1. The van der Waals surface area contributed by atoms with Crippen LogP contribution in [0.15, 0.2) is 10.5 Å². The lowest BCUT2D eigenvalue weighted by Gasteiger charge is -2.18. The van der Waals surface area contributed by atoms with Gasteiger partial charge >= 0.3 is 5.97 Å². The Labute approximate surface area is 119 Å². The Bertz CT molecular complexity index is 478. The summed E-state index contributed by atoms with van der Waals surface area (Å²) in [6.07, 6.45) is 0.136. The minimum Gasteiger partial charge on any atom is -0.506 e. The van der Waals surface area contributed by atoms with Crippen molar-refractivity contribution >= 4 is 21.9 Å². The average molecular weight is 334 g/mol. The summed E-state index contributed by atoms with van der Waals surface area (Å²) in [6.45, 7) is 0. The predicted octanol–water partition coefficient (Wildman–Crippen LogP) is 2.04. The molecule has 0 aromatic heterocycles. The first kappa shape index (κ1) is 15.6. The van der Waals surface area contributed by atoms with Crippen molar-refractivity contribution in [1.29, 1.82) is 0 Å². The Balaban J connectivity index is 3.14. The number of carbonyl (C=O) groups is 1. The molecule has 7 heteroatoms. The van der Waals surface area contributed by atoms with E-state index >= 15 is 0 Å². The maximum Gasteiger partial charge on any atom is 0.303 e. The molecule has 0 saturated heterocycles. The summed E-state index contributed by atoms with van der Waals surface area (Å²) in [5.41, 5.74) is 6.30. The first-order valence-electron chi connectivity index (χ1n) is 5.53. The van der Waals surface area contributed by atoms with Crippen LogP contribution in [-0.4, -0.2) is 30.4 Å². The molecule has 0 aliphatic rings. The van der Waals surface area contributed by atoms with Gasteiger partial charge in [-0.15, -0.1) is 0 Å². The topological polar surface area (TPSA) is 102 Å². The van der Waals surface area contributed by atoms with Crippen molar-refractivity contribution < 1.29 is 24.5 Å². The SMILES string of the molecule is COc1cc(C(N)CCC(=O)O)c(O)c(Br)c1OC. The number of carboxylic acid groups (broad SMARTS) is 1. The minimum atomic E-state index is -0.936. The van der Waals surface area contributed by atoms with E-state index in [1.165, 1.54) is 14.2 Å². The number of methoxy groups -OCH3 is 2. The van der Waals surface area contributed by atoms with E-state index in [-0.39, 0.29) is 18.6 Å². The fourth-order valence-corrected chi connectivity index (χ4v) is 2.26. The average Bonchev–Trinajstić information content (AvgIpc) is 2.38. The van der Waals surface area contributed by atoms with E-state index in [1.807, 2.05) is 0 Å². The molecule has 0 amide bonds. The number of rotatable bonds is 6. The summed E-state index contributed by atoms with van der Waals surface area (Å²) in [6, 6.07) is 0.943. The van der Waals surface area contributed by atoms with E-state index < -0.39 is 12.0 Å². The van der Waals surface area contributed by atoms with Gasteiger partial charge in [-0.2, -0.15) is 0 Å². The number of hydrogen-bond donors (Lipinski definition) is 3. The fourth-order valence-electron chi connectivity index (χ4n) is 1.68. The zero-order valence-corrected chi connectivity index (χ0v) is 12.2. The number of halogens is 1.